The molecule has 2 aromatic rings. The van der Waals surface area contributed by atoms with E-state index in [1.165, 1.54) is 6.07 Å². The van der Waals surface area contributed by atoms with E-state index in [9.17, 15) is 4.39 Å². The fourth-order valence-corrected chi connectivity index (χ4v) is 1.67. The normalized spacial score (nSPS) is 10.6. The Morgan fingerprint density at radius 1 is 1.12 bits per heavy atom. The highest BCUT2D eigenvalue weighted by Gasteiger charge is 2.08. The van der Waals surface area contributed by atoms with Crippen molar-refractivity contribution in [2.24, 2.45) is 0 Å². The van der Waals surface area contributed by atoms with Gasteiger partial charge in [-0.2, -0.15) is 0 Å². The highest BCUT2D eigenvalue weighted by Crippen LogP contribution is 2.25. The minimum atomic E-state index is -0.237. The molecule has 1 aromatic carbocycles. The van der Waals surface area contributed by atoms with Crippen molar-refractivity contribution in [1.29, 1.82) is 0 Å². The lowest BCUT2D eigenvalue weighted by Crippen LogP contribution is -1.81. The van der Waals surface area contributed by atoms with E-state index in [0.717, 1.165) is 25.0 Å². The van der Waals surface area contributed by atoms with Crippen LogP contribution in [0.1, 0.15) is 25.5 Å². The summed E-state index contributed by atoms with van der Waals surface area (Å²) in [5.41, 5.74) is 0.533. The fraction of sp³-hybridized carbons (Fsp3) is 0.286. The maximum atomic E-state index is 13.5. The van der Waals surface area contributed by atoms with Gasteiger partial charge in [0.25, 0.3) is 0 Å². The smallest absolute Gasteiger partial charge is 0.137 e. The summed E-state index contributed by atoms with van der Waals surface area (Å²) in [5.74, 6) is 1.31. The molecule has 0 bridgehead atoms. The van der Waals surface area contributed by atoms with Crippen molar-refractivity contribution in [3.05, 3.63) is 48.0 Å². The molecule has 0 aliphatic heterocycles. The number of rotatable bonds is 4. The van der Waals surface area contributed by atoms with Gasteiger partial charge in [0.1, 0.15) is 17.3 Å². The molecule has 0 saturated carbocycles. The van der Waals surface area contributed by atoms with Crippen LogP contribution in [0.5, 0.6) is 0 Å². The molecular weight excluding hydrogens is 203 g/mol. The van der Waals surface area contributed by atoms with E-state index >= 15 is 0 Å². The topological polar surface area (TPSA) is 13.1 Å². The van der Waals surface area contributed by atoms with E-state index in [4.69, 9.17) is 4.42 Å². The first kappa shape index (κ1) is 10.9. The van der Waals surface area contributed by atoms with Gasteiger partial charge in [0, 0.05) is 6.42 Å². The zero-order valence-electron chi connectivity index (χ0n) is 9.37. The molecule has 1 aromatic heterocycles. The van der Waals surface area contributed by atoms with Gasteiger partial charge in [0.05, 0.1) is 5.56 Å². The fourth-order valence-electron chi connectivity index (χ4n) is 1.67. The molecule has 0 saturated heterocycles. The maximum Gasteiger partial charge on any atom is 0.137 e. The average Bonchev–Trinajstić information content (AvgIpc) is 2.75. The number of hydrogen-bond acceptors (Lipinski definition) is 1. The summed E-state index contributed by atoms with van der Waals surface area (Å²) in [5, 5.41) is 0. The summed E-state index contributed by atoms with van der Waals surface area (Å²) in [6.45, 7) is 2.14. The van der Waals surface area contributed by atoms with Crippen LogP contribution in [0.2, 0.25) is 0 Å². The average molecular weight is 218 g/mol. The van der Waals surface area contributed by atoms with Crippen molar-refractivity contribution in [3.8, 4) is 11.3 Å². The number of benzene rings is 1. The molecule has 0 N–H and O–H groups in total. The molecular formula is C14H15FO. The SMILES string of the molecule is CCCCc1ccc(-c2ccccc2F)o1. The van der Waals surface area contributed by atoms with E-state index in [1.807, 2.05) is 18.2 Å². The predicted octanol–water partition coefficient (Wildman–Crippen LogP) is 4.43. The van der Waals surface area contributed by atoms with Gasteiger partial charge >= 0.3 is 0 Å². The van der Waals surface area contributed by atoms with Crippen LogP contribution in [-0.4, -0.2) is 0 Å². The Hall–Kier alpha value is -1.57. The Morgan fingerprint density at radius 3 is 2.69 bits per heavy atom. The molecule has 84 valence electrons. The van der Waals surface area contributed by atoms with Crippen LogP contribution in [-0.2, 0) is 6.42 Å². The van der Waals surface area contributed by atoms with Gasteiger partial charge in [-0.1, -0.05) is 25.5 Å². The highest BCUT2D eigenvalue weighted by atomic mass is 19.1. The summed E-state index contributed by atoms with van der Waals surface area (Å²) in [6.07, 6.45) is 3.16. The largest absolute Gasteiger partial charge is 0.461 e. The first-order valence-corrected chi connectivity index (χ1v) is 5.65. The molecule has 0 spiro atoms. The summed E-state index contributed by atoms with van der Waals surface area (Å²) < 4.78 is 19.1. The molecule has 1 heterocycles. The van der Waals surface area contributed by atoms with E-state index in [-0.39, 0.29) is 5.82 Å². The van der Waals surface area contributed by atoms with Crippen LogP contribution in [0.3, 0.4) is 0 Å². The quantitative estimate of drug-likeness (QED) is 0.740. The maximum absolute atomic E-state index is 13.5. The molecule has 0 fully saturated rings. The second-order valence-electron chi connectivity index (χ2n) is 3.85. The van der Waals surface area contributed by atoms with Gasteiger partial charge in [-0.3, -0.25) is 0 Å². The molecule has 2 heteroatoms. The number of halogens is 1. The minimum absolute atomic E-state index is 0.237. The molecule has 0 amide bonds. The van der Waals surface area contributed by atoms with Crippen LogP contribution < -0.4 is 0 Å². The first-order valence-electron chi connectivity index (χ1n) is 5.65. The molecule has 2 rings (SSSR count). The molecule has 1 nitrogen and oxygen atoms in total. The van der Waals surface area contributed by atoms with E-state index in [1.54, 1.807) is 12.1 Å². The minimum Gasteiger partial charge on any atom is -0.461 e. The van der Waals surface area contributed by atoms with Crippen LogP contribution in [0.4, 0.5) is 4.39 Å². The Labute approximate surface area is 94.9 Å². The molecule has 0 atom stereocenters. The Bertz CT molecular complexity index is 459. The van der Waals surface area contributed by atoms with E-state index in [0.29, 0.717) is 11.3 Å². The molecule has 0 unspecified atom stereocenters. The third-order valence-electron chi connectivity index (χ3n) is 2.58. The lowest BCUT2D eigenvalue weighted by molar-refractivity contribution is 0.508. The van der Waals surface area contributed by atoms with Crippen molar-refractivity contribution < 1.29 is 8.81 Å². The number of furan rings is 1. The Morgan fingerprint density at radius 2 is 1.94 bits per heavy atom. The number of unbranched alkanes of at least 4 members (excludes halogenated alkanes) is 1. The first-order chi connectivity index (χ1) is 7.81. The lowest BCUT2D eigenvalue weighted by Gasteiger charge is -1.98. The van der Waals surface area contributed by atoms with Gasteiger partial charge in [-0.15, -0.1) is 0 Å². The Kier molecular flexibility index (Phi) is 3.40. The highest BCUT2D eigenvalue weighted by molar-refractivity contribution is 5.58. The number of aryl methyl sites for hydroxylation is 1. The Balaban J connectivity index is 2.22. The number of hydrogen-bond donors (Lipinski definition) is 0. The van der Waals surface area contributed by atoms with Gasteiger partial charge in [-0.05, 0) is 30.7 Å². The van der Waals surface area contributed by atoms with Gasteiger partial charge in [0.15, 0.2) is 0 Å². The van der Waals surface area contributed by atoms with Crippen molar-refractivity contribution >= 4 is 0 Å². The zero-order chi connectivity index (χ0) is 11.4. The van der Waals surface area contributed by atoms with Crippen molar-refractivity contribution in [2.45, 2.75) is 26.2 Å². The van der Waals surface area contributed by atoms with Crippen molar-refractivity contribution in [2.75, 3.05) is 0 Å². The van der Waals surface area contributed by atoms with Crippen molar-refractivity contribution in [1.82, 2.24) is 0 Å². The van der Waals surface area contributed by atoms with Crippen LogP contribution in [0.25, 0.3) is 11.3 Å². The van der Waals surface area contributed by atoms with Crippen LogP contribution in [0.15, 0.2) is 40.8 Å². The third-order valence-corrected chi connectivity index (χ3v) is 2.58. The summed E-state index contributed by atoms with van der Waals surface area (Å²) in [4.78, 5) is 0. The monoisotopic (exact) mass is 218 g/mol. The standard InChI is InChI=1S/C14H15FO/c1-2-3-6-11-9-10-14(16-11)12-7-4-5-8-13(12)15/h4-5,7-10H,2-3,6H2,1H3. The second-order valence-corrected chi connectivity index (χ2v) is 3.85. The van der Waals surface area contributed by atoms with E-state index in [2.05, 4.69) is 6.92 Å². The predicted molar refractivity (Wildman–Crippen MR) is 62.7 cm³/mol. The van der Waals surface area contributed by atoms with Crippen LogP contribution >= 0.6 is 0 Å². The van der Waals surface area contributed by atoms with Gasteiger partial charge in [0.2, 0.25) is 0 Å². The zero-order valence-corrected chi connectivity index (χ0v) is 9.37. The lowest BCUT2D eigenvalue weighted by atomic mass is 10.1. The molecule has 0 aliphatic rings. The summed E-state index contributed by atoms with van der Waals surface area (Å²) in [6, 6.07) is 10.4. The van der Waals surface area contributed by atoms with Gasteiger partial charge < -0.3 is 4.42 Å². The molecule has 0 radical (unpaired) electrons. The van der Waals surface area contributed by atoms with E-state index < -0.39 is 0 Å². The van der Waals surface area contributed by atoms with Crippen molar-refractivity contribution in [3.63, 3.8) is 0 Å². The second kappa shape index (κ2) is 4.97. The third kappa shape index (κ3) is 2.32. The summed E-state index contributed by atoms with van der Waals surface area (Å²) >= 11 is 0. The molecule has 0 aliphatic carbocycles. The molecule has 16 heavy (non-hydrogen) atoms. The summed E-state index contributed by atoms with van der Waals surface area (Å²) in [7, 11) is 0. The van der Waals surface area contributed by atoms with Crippen LogP contribution in [0, 0.1) is 5.82 Å². The van der Waals surface area contributed by atoms with Gasteiger partial charge in [-0.25, -0.2) is 4.39 Å².